The molecule has 36 heavy (non-hydrogen) atoms. The maximum atomic E-state index is 13.7. The van der Waals surface area contributed by atoms with Crippen LogP contribution in [0.5, 0.6) is 11.5 Å². The Morgan fingerprint density at radius 3 is 2.36 bits per heavy atom. The summed E-state index contributed by atoms with van der Waals surface area (Å²) in [6.07, 6.45) is 1.40. The summed E-state index contributed by atoms with van der Waals surface area (Å²) >= 11 is 0. The molecule has 0 aliphatic heterocycles. The number of aromatic nitrogens is 2. The van der Waals surface area contributed by atoms with Gasteiger partial charge in [0.1, 0.15) is 5.82 Å². The van der Waals surface area contributed by atoms with Gasteiger partial charge in [-0.05, 0) is 29.8 Å². The van der Waals surface area contributed by atoms with Gasteiger partial charge in [-0.1, -0.05) is 30.0 Å². The number of ether oxygens (including phenoxy) is 2. The van der Waals surface area contributed by atoms with E-state index in [9.17, 15) is 21.6 Å². The number of benzene rings is 2. The van der Waals surface area contributed by atoms with Gasteiger partial charge in [0.2, 0.25) is 5.95 Å². The van der Waals surface area contributed by atoms with E-state index in [-0.39, 0.29) is 34.0 Å². The first-order chi connectivity index (χ1) is 17.0. The van der Waals surface area contributed by atoms with Gasteiger partial charge in [0.05, 0.1) is 26.5 Å². The van der Waals surface area contributed by atoms with Crippen LogP contribution < -0.4 is 25.2 Å². The van der Waals surface area contributed by atoms with Crippen LogP contribution in [0.3, 0.4) is 0 Å². The number of nitrogens with zero attached hydrogens (tertiary/aromatic N) is 3. The molecule has 0 saturated carbocycles. The number of methoxy groups -OCH3 is 2. The molecule has 190 valence electrons. The molecule has 0 saturated heterocycles. The third kappa shape index (κ3) is 5.72. The third-order valence-electron chi connectivity index (χ3n) is 4.91. The zero-order chi connectivity index (χ0) is 26.5. The van der Waals surface area contributed by atoms with Crippen molar-refractivity contribution in [1.29, 1.82) is 0 Å². The molecule has 0 bridgehead atoms. The molecule has 2 aromatic carbocycles. The monoisotopic (exact) mass is 521 g/mol. The van der Waals surface area contributed by atoms with Crippen molar-refractivity contribution in [3.63, 3.8) is 0 Å². The van der Waals surface area contributed by atoms with Gasteiger partial charge >= 0.3 is 15.5 Å². The number of hydrogen-bond acceptors (Lipinski definition) is 8. The van der Waals surface area contributed by atoms with E-state index in [1.807, 2.05) is 0 Å². The zero-order valence-electron chi connectivity index (χ0n) is 19.2. The summed E-state index contributed by atoms with van der Waals surface area (Å²) in [6, 6.07) is 11.1. The molecule has 0 unspecified atom stereocenters. The van der Waals surface area contributed by atoms with Crippen molar-refractivity contribution in [3.8, 4) is 23.3 Å². The predicted molar refractivity (Wildman–Crippen MR) is 129 cm³/mol. The molecule has 0 radical (unpaired) electrons. The molecule has 13 heteroatoms. The molecule has 0 amide bonds. The molecule has 9 nitrogen and oxygen atoms in total. The average molecular weight is 522 g/mol. The van der Waals surface area contributed by atoms with E-state index in [2.05, 4.69) is 21.8 Å². The fourth-order valence-corrected chi connectivity index (χ4v) is 4.12. The maximum Gasteiger partial charge on any atom is 0.516 e. The van der Waals surface area contributed by atoms with Crippen LogP contribution in [-0.2, 0) is 16.4 Å². The second kappa shape index (κ2) is 10.6. The van der Waals surface area contributed by atoms with Crippen LogP contribution in [0.4, 0.5) is 30.6 Å². The van der Waals surface area contributed by atoms with E-state index in [4.69, 9.17) is 20.9 Å². The third-order valence-corrected chi connectivity index (χ3v) is 6.40. The fourth-order valence-electron chi connectivity index (χ4n) is 3.24. The molecular weight excluding hydrogens is 499 g/mol. The minimum atomic E-state index is -5.88. The Hall–Kier alpha value is -4.18. The molecule has 4 N–H and O–H groups in total. The lowest BCUT2D eigenvalue weighted by atomic mass is 10.0. The number of anilines is 3. The smallest absolute Gasteiger partial charge is 0.493 e. The van der Waals surface area contributed by atoms with Crippen molar-refractivity contribution in [2.75, 3.05) is 36.5 Å². The molecule has 1 heterocycles. The van der Waals surface area contributed by atoms with Crippen LogP contribution >= 0.6 is 0 Å². The summed E-state index contributed by atoms with van der Waals surface area (Å²) in [5, 5.41) is 0. The highest BCUT2D eigenvalue weighted by molar-refractivity contribution is 7.93. The number of nitrogens with two attached hydrogens (primary N) is 2. The molecule has 3 aromatic rings. The molecule has 0 atom stereocenters. The van der Waals surface area contributed by atoms with Gasteiger partial charge in [0.15, 0.2) is 11.5 Å². The van der Waals surface area contributed by atoms with Crippen molar-refractivity contribution in [2.24, 2.45) is 0 Å². The highest BCUT2D eigenvalue weighted by Gasteiger charge is 2.51. The normalized spacial score (nSPS) is 11.4. The fraction of sp³-hybridized carbons (Fsp3) is 0.217. The van der Waals surface area contributed by atoms with Gasteiger partial charge < -0.3 is 20.9 Å². The van der Waals surface area contributed by atoms with E-state index in [0.717, 1.165) is 0 Å². The minimum absolute atomic E-state index is 0.00155. The van der Waals surface area contributed by atoms with Gasteiger partial charge in [0.25, 0.3) is 0 Å². The van der Waals surface area contributed by atoms with Gasteiger partial charge in [-0.3, -0.25) is 0 Å². The number of hydrogen-bond donors (Lipinski definition) is 2. The maximum absolute atomic E-state index is 13.7. The van der Waals surface area contributed by atoms with Crippen LogP contribution in [0.2, 0.25) is 0 Å². The second-order valence-electron chi connectivity index (χ2n) is 7.29. The lowest BCUT2D eigenvalue weighted by molar-refractivity contribution is -0.0437. The van der Waals surface area contributed by atoms with Crippen LogP contribution in [-0.4, -0.2) is 44.7 Å². The second-order valence-corrected chi connectivity index (χ2v) is 9.14. The largest absolute Gasteiger partial charge is 0.516 e. The summed E-state index contributed by atoms with van der Waals surface area (Å²) in [5.74, 6) is 4.94. The summed E-state index contributed by atoms with van der Waals surface area (Å²) in [4.78, 5) is 7.73. The SMILES string of the molecule is COc1cc(Cc2cnc(N)nc2N)cc(N(CC#Cc2ccccc2)S(=O)(=O)C(F)(F)F)c1OC. The molecule has 0 aliphatic rings. The Kier molecular flexibility index (Phi) is 7.79. The highest BCUT2D eigenvalue weighted by atomic mass is 32.2. The Morgan fingerprint density at radius 2 is 1.78 bits per heavy atom. The summed E-state index contributed by atoms with van der Waals surface area (Å²) in [5.41, 5.74) is 6.63. The summed E-state index contributed by atoms with van der Waals surface area (Å²) in [7, 11) is -3.43. The number of alkyl halides is 3. The van der Waals surface area contributed by atoms with Gasteiger partial charge in [-0.15, -0.1) is 0 Å². The van der Waals surface area contributed by atoms with E-state index in [1.165, 1.54) is 32.5 Å². The number of rotatable bonds is 7. The van der Waals surface area contributed by atoms with Crippen LogP contribution in [0.15, 0.2) is 48.7 Å². The summed E-state index contributed by atoms with van der Waals surface area (Å²) in [6.45, 7) is -0.813. The average Bonchev–Trinajstić information content (AvgIpc) is 2.83. The van der Waals surface area contributed by atoms with E-state index in [0.29, 0.717) is 16.7 Å². The summed E-state index contributed by atoms with van der Waals surface area (Å²) < 4.78 is 76.9. The van der Waals surface area contributed by atoms with Crippen LogP contribution in [0, 0.1) is 11.8 Å². The molecule has 1 aromatic heterocycles. The molecule has 0 aliphatic carbocycles. The molecular formula is C23H22F3N5O4S. The standard InChI is InChI=1S/C23H22F3N5O4S/c1-34-19-13-16(11-17-14-29-22(28)30-21(17)27)12-18(20(19)35-2)31(36(32,33)23(24,25)26)10-6-9-15-7-4-3-5-8-15/h3-5,7-8,12-14H,10-11H2,1-2H3,(H4,27,28,29,30). The Labute approximate surface area is 205 Å². The van der Waals surface area contributed by atoms with Crippen molar-refractivity contribution >= 4 is 27.5 Å². The van der Waals surface area contributed by atoms with Gasteiger partial charge in [-0.2, -0.15) is 26.6 Å². The Bertz CT molecular complexity index is 1400. The van der Waals surface area contributed by atoms with Crippen molar-refractivity contribution < 1.29 is 31.1 Å². The predicted octanol–water partition coefficient (Wildman–Crippen LogP) is 2.96. The topological polar surface area (TPSA) is 134 Å². The molecule has 0 fully saturated rings. The number of halogens is 3. The molecule has 0 spiro atoms. The van der Waals surface area contributed by atoms with Gasteiger partial charge in [-0.25, -0.2) is 9.29 Å². The zero-order valence-corrected chi connectivity index (χ0v) is 20.0. The van der Waals surface area contributed by atoms with Gasteiger partial charge in [0, 0.05) is 23.7 Å². The highest BCUT2D eigenvalue weighted by Crippen LogP contribution is 2.42. The van der Waals surface area contributed by atoms with Crippen molar-refractivity contribution in [2.45, 2.75) is 11.9 Å². The van der Waals surface area contributed by atoms with Crippen LogP contribution in [0.1, 0.15) is 16.7 Å². The van der Waals surface area contributed by atoms with E-state index >= 15 is 0 Å². The van der Waals surface area contributed by atoms with Crippen LogP contribution in [0.25, 0.3) is 0 Å². The quantitative estimate of drug-likeness (QED) is 0.454. The lowest BCUT2D eigenvalue weighted by Gasteiger charge is -2.26. The van der Waals surface area contributed by atoms with Crippen molar-refractivity contribution in [3.05, 3.63) is 65.4 Å². The van der Waals surface area contributed by atoms with Crippen molar-refractivity contribution in [1.82, 2.24) is 9.97 Å². The van der Waals surface area contributed by atoms with E-state index in [1.54, 1.807) is 30.3 Å². The first-order valence-corrected chi connectivity index (χ1v) is 11.7. The molecule has 3 rings (SSSR count). The number of sulfonamides is 1. The number of nitrogen functional groups attached to an aromatic ring is 2. The lowest BCUT2D eigenvalue weighted by Crippen LogP contribution is -2.41. The van der Waals surface area contributed by atoms with E-state index < -0.39 is 27.8 Å². The Morgan fingerprint density at radius 1 is 1.08 bits per heavy atom. The minimum Gasteiger partial charge on any atom is -0.493 e. The Balaban J connectivity index is 2.16. The first-order valence-electron chi connectivity index (χ1n) is 10.2. The first kappa shape index (κ1) is 26.4.